The molecule has 1 aliphatic rings. The Morgan fingerprint density at radius 1 is 0.853 bits per heavy atom. The fourth-order valence-electron chi connectivity index (χ4n) is 4.34. The topological polar surface area (TPSA) is 58.6 Å². The molecule has 2 amide bonds. The summed E-state index contributed by atoms with van der Waals surface area (Å²) in [5.74, 6) is -0.208. The van der Waals surface area contributed by atoms with Gasteiger partial charge in [-0.2, -0.15) is 0 Å². The van der Waals surface area contributed by atoms with Crippen molar-refractivity contribution >= 4 is 11.8 Å². The zero-order valence-electron chi connectivity index (χ0n) is 19.4. The molecular formula is C29H32N2O3. The summed E-state index contributed by atoms with van der Waals surface area (Å²) in [7, 11) is 0. The Hall–Kier alpha value is -3.44. The first-order chi connectivity index (χ1) is 16.7. The second-order valence-electron chi connectivity index (χ2n) is 8.76. The lowest BCUT2D eigenvalue weighted by Gasteiger charge is -2.32. The van der Waals surface area contributed by atoms with Crippen LogP contribution < -0.4 is 5.32 Å². The lowest BCUT2D eigenvalue weighted by molar-refractivity contribution is -0.141. The van der Waals surface area contributed by atoms with Gasteiger partial charge in [0.2, 0.25) is 11.8 Å². The molecule has 34 heavy (non-hydrogen) atoms. The van der Waals surface area contributed by atoms with Crippen LogP contribution in [0.3, 0.4) is 0 Å². The number of nitrogens with zero attached hydrogens (tertiary/aromatic N) is 1. The second kappa shape index (κ2) is 12.1. The van der Waals surface area contributed by atoms with Crippen molar-refractivity contribution in [1.82, 2.24) is 10.2 Å². The van der Waals surface area contributed by atoms with Gasteiger partial charge in [0.1, 0.15) is 6.04 Å². The van der Waals surface area contributed by atoms with Gasteiger partial charge in [0, 0.05) is 26.1 Å². The predicted molar refractivity (Wildman–Crippen MR) is 133 cm³/mol. The Morgan fingerprint density at radius 3 is 2.03 bits per heavy atom. The molecule has 0 radical (unpaired) electrons. The predicted octanol–water partition coefficient (Wildman–Crippen LogP) is 4.16. The highest BCUT2D eigenvalue weighted by Crippen LogP contribution is 2.17. The molecule has 0 bridgehead atoms. The zero-order valence-corrected chi connectivity index (χ0v) is 19.4. The van der Waals surface area contributed by atoms with Crippen LogP contribution in [0.1, 0.15) is 29.5 Å². The monoisotopic (exact) mass is 456 g/mol. The molecule has 0 aliphatic carbocycles. The van der Waals surface area contributed by atoms with Crippen LogP contribution in [-0.4, -0.2) is 42.0 Å². The number of carbonyl (C=O) groups is 2. The molecule has 4 rings (SSSR count). The van der Waals surface area contributed by atoms with E-state index in [0.29, 0.717) is 19.5 Å². The second-order valence-corrected chi connectivity index (χ2v) is 8.76. The number of amides is 2. The van der Waals surface area contributed by atoms with Crippen LogP contribution in [0.5, 0.6) is 0 Å². The molecule has 2 atom stereocenters. The van der Waals surface area contributed by atoms with Crippen molar-refractivity contribution < 1.29 is 14.3 Å². The molecule has 0 spiro atoms. The summed E-state index contributed by atoms with van der Waals surface area (Å²) in [5.41, 5.74) is 2.95. The first-order valence-corrected chi connectivity index (χ1v) is 12.0. The molecule has 0 unspecified atom stereocenters. The summed E-state index contributed by atoms with van der Waals surface area (Å²) in [6.07, 6.45) is 2.71. The normalized spacial score (nSPS) is 16.1. The largest absolute Gasteiger partial charge is 0.376 e. The molecule has 5 nitrogen and oxygen atoms in total. The van der Waals surface area contributed by atoms with E-state index in [4.69, 9.17) is 4.74 Å². The molecule has 1 saturated heterocycles. The van der Waals surface area contributed by atoms with Gasteiger partial charge in [0.05, 0.1) is 12.5 Å². The zero-order chi connectivity index (χ0) is 23.6. The Labute approximate surface area is 201 Å². The molecule has 0 aromatic heterocycles. The fourth-order valence-corrected chi connectivity index (χ4v) is 4.34. The summed E-state index contributed by atoms with van der Waals surface area (Å²) >= 11 is 0. The van der Waals surface area contributed by atoms with Gasteiger partial charge in [0.15, 0.2) is 0 Å². The van der Waals surface area contributed by atoms with Crippen LogP contribution in [0.2, 0.25) is 0 Å². The van der Waals surface area contributed by atoms with Crippen molar-refractivity contribution in [3.05, 3.63) is 108 Å². The highest BCUT2D eigenvalue weighted by atomic mass is 16.5. The number of hydrogen-bond donors (Lipinski definition) is 1. The number of carbonyl (C=O) groups excluding carboxylic acids is 2. The SMILES string of the molecule is O=C(NC[C@H]1CCCO1)[C@H](Cc1ccccc1)N(Cc1ccccc1)C(=O)Cc1ccccc1. The molecule has 1 fully saturated rings. The van der Waals surface area contributed by atoms with Crippen molar-refractivity contribution in [3.8, 4) is 0 Å². The van der Waals surface area contributed by atoms with E-state index >= 15 is 0 Å². The fraction of sp³-hybridized carbons (Fsp3) is 0.310. The van der Waals surface area contributed by atoms with Crippen LogP contribution in [-0.2, 0) is 33.7 Å². The van der Waals surface area contributed by atoms with Gasteiger partial charge < -0.3 is 15.0 Å². The average Bonchev–Trinajstić information content (AvgIpc) is 3.40. The standard InChI is InChI=1S/C29H32N2O3/c32-28(20-24-13-6-2-7-14-24)31(22-25-15-8-3-9-16-25)27(19-23-11-4-1-5-12-23)29(33)30-21-26-17-10-18-34-26/h1-9,11-16,26-27H,10,17-22H2,(H,30,33)/t26-,27+/m1/s1. The van der Waals surface area contributed by atoms with Crippen molar-refractivity contribution in [1.29, 1.82) is 0 Å². The summed E-state index contributed by atoms with van der Waals surface area (Å²) < 4.78 is 5.69. The highest BCUT2D eigenvalue weighted by Gasteiger charge is 2.31. The Bertz CT molecular complexity index is 1030. The van der Waals surface area contributed by atoms with Crippen LogP contribution in [0, 0.1) is 0 Å². The third-order valence-corrected chi connectivity index (χ3v) is 6.19. The van der Waals surface area contributed by atoms with E-state index in [-0.39, 0.29) is 24.3 Å². The lowest BCUT2D eigenvalue weighted by atomic mass is 10.0. The van der Waals surface area contributed by atoms with Crippen LogP contribution in [0.25, 0.3) is 0 Å². The van der Waals surface area contributed by atoms with E-state index in [1.54, 1.807) is 4.90 Å². The molecule has 3 aromatic carbocycles. The molecule has 1 heterocycles. The maximum absolute atomic E-state index is 13.6. The number of benzene rings is 3. The minimum Gasteiger partial charge on any atom is -0.376 e. The minimum atomic E-state index is -0.625. The molecule has 0 saturated carbocycles. The summed E-state index contributed by atoms with van der Waals surface area (Å²) in [6.45, 7) is 1.58. The van der Waals surface area contributed by atoms with Crippen molar-refractivity contribution in [2.45, 2.75) is 44.4 Å². The van der Waals surface area contributed by atoms with Gasteiger partial charge >= 0.3 is 0 Å². The van der Waals surface area contributed by atoms with E-state index in [1.165, 1.54) is 0 Å². The number of nitrogens with one attached hydrogen (secondary N) is 1. The Kier molecular flexibility index (Phi) is 8.47. The number of rotatable bonds is 10. The highest BCUT2D eigenvalue weighted by molar-refractivity contribution is 5.88. The third-order valence-electron chi connectivity index (χ3n) is 6.19. The van der Waals surface area contributed by atoms with E-state index in [1.807, 2.05) is 91.0 Å². The summed E-state index contributed by atoms with van der Waals surface area (Å²) in [6, 6.07) is 28.8. The van der Waals surface area contributed by atoms with E-state index in [0.717, 1.165) is 36.1 Å². The minimum absolute atomic E-state index is 0.0453. The van der Waals surface area contributed by atoms with Gasteiger partial charge in [-0.25, -0.2) is 0 Å². The summed E-state index contributed by atoms with van der Waals surface area (Å²) in [5, 5.41) is 3.07. The first kappa shape index (κ1) is 23.7. The van der Waals surface area contributed by atoms with Gasteiger partial charge in [0.25, 0.3) is 0 Å². The van der Waals surface area contributed by atoms with E-state index < -0.39 is 6.04 Å². The summed E-state index contributed by atoms with van der Waals surface area (Å²) in [4.78, 5) is 28.9. The maximum Gasteiger partial charge on any atom is 0.243 e. The van der Waals surface area contributed by atoms with E-state index in [2.05, 4.69) is 5.32 Å². The maximum atomic E-state index is 13.6. The van der Waals surface area contributed by atoms with Gasteiger partial charge in [-0.3, -0.25) is 9.59 Å². The smallest absolute Gasteiger partial charge is 0.243 e. The van der Waals surface area contributed by atoms with Crippen LogP contribution in [0.4, 0.5) is 0 Å². The van der Waals surface area contributed by atoms with Crippen molar-refractivity contribution in [3.63, 3.8) is 0 Å². The van der Waals surface area contributed by atoms with Crippen LogP contribution >= 0.6 is 0 Å². The molecule has 3 aromatic rings. The van der Waals surface area contributed by atoms with Crippen molar-refractivity contribution in [2.24, 2.45) is 0 Å². The molecule has 176 valence electrons. The quantitative estimate of drug-likeness (QED) is 0.498. The molecular weight excluding hydrogens is 424 g/mol. The van der Waals surface area contributed by atoms with Gasteiger partial charge in [-0.05, 0) is 29.5 Å². The van der Waals surface area contributed by atoms with Crippen molar-refractivity contribution in [2.75, 3.05) is 13.2 Å². The lowest BCUT2D eigenvalue weighted by Crippen LogP contribution is -2.52. The number of hydrogen-bond acceptors (Lipinski definition) is 3. The average molecular weight is 457 g/mol. The molecule has 1 aliphatic heterocycles. The first-order valence-electron chi connectivity index (χ1n) is 12.0. The Balaban J connectivity index is 1.60. The third kappa shape index (κ3) is 6.78. The van der Waals surface area contributed by atoms with Gasteiger partial charge in [-0.1, -0.05) is 91.0 Å². The van der Waals surface area contributed by atoms with Gasteiger partial charge in [-0.15, -0.1) is 0 Å². The molecule has 1 N–H and O–H groups in total. The number of ether oxygens (including phenoxy) is 1. The Morgan fingerprint density at radius 2 is 1.44 bits per heavy atom. The molecule has 5 heteroatoms. The van der Waals surface area contributed by atoms with Crippen LogP contribution in [0.15, 0.2) is 91.0 Å². The van der Waals surface area contributed by atoms with E-state index in [9.17, 15) is 9.59 Å².